The van der Waals surface area contributed by atoms with Crippen molar-refractivity contribution in [3.63, 3.8) is 0 Å². The molecule has 1 saturated heterocycles. The maximum atomic E-state index is 12.6. The number of aromatic nitrogens is 1. The highest BCUT2D eigenvalue weighted by Gasteiger charge is 2.27. The lowest BCUT2D eigenvalue weighted by Gasteiger charge is -2.13. The van der Waals surface area contributed by atoms with Crippen molar-refractivity contribution in [2.24, 2.45) is 0 Å². The molecule has 0 unspecified atom stereocenters. The van der Waals surface area contributed by atoms with Gasteiger partial charge in [0.1, 0.15) is 0 Å². The van der Waals surface area contributed by atoms with Crippen LogP contribution in [-0.2, 0) is 19.6 Å². The van der Waals surface area contributed by atoms with Crippen LogP contribution in [0.2, 0.25) is 0 Å². The Hall–Kier alpha value is -2.67. The summed E-state index contributed by atoms with van der Waals surface area (Å²) in [5, 5.41) is 0. The van der Waals surface area contributed by atoms with E-state index in [2.05, 4.69) is 9.71 Å². The lowest BCUT2D eigenvalue weighted by Crippen LogP contribution is -2.24. The van der Waals surface area contributed by atoms with Crippen LogP contribution in [0.3, 0.4) is 0 Å². The Morgan fingerprint density at radius 1 is 1.13 bits per heavy atom. The normalized spacial score (nSPS) is 16.8. The van der Waals surface area contributed by atoms with Crippen molar-refractivity contribution in [2.75, 3.05) is 6.61 Å². The summed E-state index contributed by atoms with van der Waals surface area (Å²) >= 11 is 0. The van der Waals surface area contributed by atoms with E-state index >= 15 is 0 Å². The van der Waals surface area contributed by atoms with Gasteiger partial charge in [-0.1, -0.05) is 18.2 Å². The molecule has 1 fully saturated rings. The predicted molar refractivity (Wildman–Crippen MR) is 83.5 cm³/mol. The van der Waals surface area contributed by atoms with Gasteiger partial charge in [0.25, 0.3) is 10.0 Å². The van der Waals surface area contributed by atoms with E-state index < -0.39 is 16.0 Å². The van der Waals surface area contributed by atoms with Crippen molar-refractivity contribution >= 4 is 21.7 Å². The smallest absolute Gasteiger partial charge is 0.336 e. The van der Waals surface area contributed by atoms with Gasteiger partial charge < -0.3 is 4.74 Å². The van der Waals surface area contributed by atoms with Crippen molar-refractivity contribution in [1.82, 2.24) is 9.71 Å². The van der Waals surface area contributed by atoms with E-state index in [4.69, 9.17) is 4.74 Å². The molecule has 6 nitrogen and oxygen atoms in total. The molecule has 7 heteroatoms. The quantitative estimate of drug-likeness (QED) is 0.681. The first kappa shape index (κ1) is 15.2. The Morgan fingerprint density at radius 3 is 2.52 bits per heavy atom. The number of benzene rings is 1. The molecule has 1 aliphatic heterocycles. The van der Waals surface area contributed by atoms with Gasteiger partial charge in [-0.15, -0.1) is 0 Å². The maximum Gasteiger partial charge on any atom is 0.336 e. The molecular formula is C16H14N2O4S. The summed E-state index contributed by atoms with van der Waals surface area (Å²) in [6.07, 6.45) is 3.42. The third-order valence-corrected chi connectivity index (χ3v) is 4.74. The van der Waals surface area contributed by atoms with Gasteiger partial charge in [0.15, 0.2) is 0 Å². The molecule has 0 spiro atoms. The monoisotopic (exact) mass is 330 g/mol. The topological polar surface area (TPSA) is 85.4 Å². The first-order valence-corrected chi connectivity index (χ1v) is 8.45. The fourth-order valence-electron chi connectivity index (χ4n) is 2.26. The number of hydrogen-bond acceptors (Lipinski definition) is 5. The third kappa shape index (κ3) is 3.24. The minimum absolute atomic E-state index is 0.119. The number of esters is 1. The van der Waals surface area contributed by atoms with E-state index in [0.29, 0.717) is 17.6 Å². The molecule has 1 N–H and O–H groups in total. The zero-order valence-electron chi connectivity index (χ0n) is 12.1. The van der Waals surface area contributed by atoms with E-state index in [1.807, 2.05) is 0 Å². The van der Waals surface area contributed by atoms with E-state index in [1.54, 1.807) is 36.5 Å². The molecule has 23 heavy (non-hydrogen) atoms. The Balaban J connectivity index is 2.06. The second-order valence-corrected chi connectivity index (χ2v) is 6.58. The van der Waals surface area contributed by atoms with Crippen LogP contribution >= 0.6 is 0 Å². The number of pyridine rings is 1. The Kier molecular flexibility index (Phi) is 4.12. The molecule has 0 aliphatic carbocycles. The summed E-state index contributed by atoms with van der Waals surface area (Å²) in [6.45, 7) is 0.241. The molecule has 0 radical (unpaired) electrons. The van der Waals surface area contributed by atoms with Crippen LogP contribution in [0.1, 0.15) is 12.0 Å². The Morgan fingerprint density at radius 2 is 1.91 bits per heavy atom. The summed E-state index contributed by atoms with van der Waals surface area (Å²) in [5.74, 6) is -0.514. The van der Waals surface area contributed by atoms with Gasteiger partial charge in [-0.25, -0.2) is 13.2 Å². The number of sulfonamides is 1. The van der Waals surface area contributed by atoms with Crippen LogP contribution in [0.25, 0.3) is 5.70 Å². The van der Waals surface area contributed by atoms with Crippen LogP contribution in [0.15, 0.2) is 65.3 Å². The molecule has 0 amide bonds. The number of nitrogens with zero attached hydrogens (tertiary/aromatic N) is 1. The maximum absolute atomic E-state index is 12.6. The number of nitrogens with one attached hydrogen (secondary N) is 1. The van der Waals surface area contributed by atoms with E-state index in [1.165, 1.54) is 18.3 Å². The average molecular weight is 330 g/mol. The van der Waals surface area contributed by atoms with Gasteiger partial charge >= 0.3 is 5.97 Å². The summed E-state index contributed by atoms with van der Waals surface area (Å²) in [5.41, 5.74) is 1.03. The lowest BCUT2D eigenvalue weighted by molar-refractivity contribution is -0.135. The predicted octanol–water partition coefficient (Wildman–Crippen LogP) is 1.72. The number of hydrogen-bond donors (Lipinski definition) is 1. The van der Waals surface area contributed by atoms with Crippen LogP contribution in [-0.4, -0.2) is 26.0 Å². The Bertz CT molecular complexity index is 846. The average Bonchev–Trinajstić information content (AvgIpc) is 3.00. The van der Waals surface area contributed by atoms with Crippen molar-refractivity contribution in [2.45, 2.75) is 11.3 Å². The van der Waals surface area contributed by atoms with Gasteiger partial charge in [-0.3, -0.25) is 9.71 Å². The second kappa shape index (κ2) is 6.21. The summed E-state index contributed by atoms with van der Waals surface area (Å²) in [7, 11) is -3.81. The lowest BCUT2D eigenvalue weighted by atomic mass is 10.1. The zero-order chi connectivity index (χ0) is 16.3. The van der Waals surface area contributed by atoms with Crippen LogP contribution in [0, 0.1) is 0 Å². The number of ether oxygens (including phenoxy) is 1. The molecule has 0 atom stereocenters. The molecule has 2 heterocycles. The van der Waals surface area contributed by atoms with Crippen molar-refractivity contribution in [1.29, 1.82) is 0 Å². The summed E-state index contributed by atoms with van der Waals surface area (Å²) in [4.78, 5) is 16.0. The zero-order valence-corrected chi connectivity index (χ0v) is 12.9. The second-order valence-electron chi connectivity index (χ2n) is 4.90. The van der Waals surface area contributed by atoms with Gasteiger partial charge in [0.05, 0.1) is 22.8 Å². The first-order chi connectivity index (χ1) is 11.1. The minimum atomic E-state index is -3.81. The molecule has 0 bridgehead atoms. The van der Waals surface area contributed by atoms with Gasteiger partial charge in [-0.05, 0) is 24.3 Å². The fraction of sp³-hybridized carbons (Fsp3) is 0.125. The van der Waals surface area contributed by atoms with E-state index in [0.717, 1.165) is 0 Å². The van der Waals surface area contributed by atoms with E-state index in [-0.39, 0.29) is 17.2 Å². The van der Waals surface area contributed by atoms with Crippen LogP contribution in [0.5, 0.6) is 0 Å². The molecule has 1 aliphatic rings. The highest BCUT2D eigenvalue weighted by Crippen LogP contribution is 2.25. The SMILES string of the molecule is O=C1OCC/C1=C(/NS(=O)(=O)c1ccccc1)c1cccnc1. The number of carbonyl (C=O) groups is 1. The highest BCUT2D eigenvalue weighted by atomic mass is 32.2. The van der Waals surface area contributed by atoms with Gasteiger partial charge in [0.2, 0.25) is 0 Å². The van der Waals surface area contributed by atoms with E-state index in [9.17, 15) is 13.2 Å². The molecular weight excluding hydrogens is 316 g/mol. The number of cyclic esters (lactones) is 1. The van der Waals surface area contributed by atoms with Crippen LogP contribution in [0.4, 0.5) is 0 Å². The highest BCUT2D eigenvalue weighted by molar-refractivity contribution is 7.89. The number of rotatable bonds is 4. The largest absolute Gasteiger partial charge is 0.462 e. The molecule has 1 aromatic heterocycles. The minimum Gasteiger partial charge on any atom is -0.462 e. The molecule has 3 rings (SSSR count). The summed E-state index contributed by atoms with van der Waals surface area (Å²) < 4.78 is 32.6. The first-order valence-electron chi connectivity index (χ1n) is 6.96. The van der Waals surface area contributed by atoms with Crippen LogP contribution < -0.4 is 4.72 Å². The van der Waals surface area contributed by atoms with Crippen molar-refractivity contribution in [3.8, 4) is 0 Å². The van der Waals surface area contributed by atoms with Crippen molar-refractivity contribution in [3.05, 3.63) is 66.0 Å². The van der Waals surface area contributed by atoms with Crippen molar-refractivity contribution < 1.29 is 17.9 Å². The summed E-state index contributed by atoms with van der Waals surface area (Å²) in [6, 6.07) is 11.3. The molecule has 0 saturated carbocycles. The third-order valence-electron chi connectivity index (χ3n) is 3.37. The molecule has 118 valence electrons. The standard InChI is InChI=1S/C16H14N2O4S/c19-16-14(8-10-22-16)15(12-5-4-9-17-11-12)18-23(20,21)13-6-2-1-3-7-13/h1-7,9,11,18H,8,10H2/b15-14-. The fourth-order valence-corrected chi connectivity index (χ4v) is 3.40. The van der Waals surface area contributed by atoms with Gasteiger partial charge in [0, 0.05) is 24.4 Å². The molecule has 2 aromatic rings. The molecule has 1 aromatic carbocycles. The van der Waals surface area contributed by atoms with Gasteiger partial charge in [-0.2, -0.15) is 0 Å². The number of carbonyl (C=O) groups excluding carboxylic acids is 1. The Labute approximate surface area is 133 Å².